The van der Waals surface area contributed by atoms with E-state index in [0.29, 0.717) is 13.2 Å². The van der Waals surface area contributed by atoms with E-state index >= 15 is 0 Å². The number of hydrogen-bond donors (Lipinski definition) is 2. The van der Waals surface area contributed by atoms with Gasteiger partial charge in [-0.2, -0.15) is 0 Å². The topological polar surface area (TPSA) is 41.5 Å². The second kappa shape index (κ2) is 7.30. The van der Waals surface area contributed by atoms with Crippen molar-refractivity contribution in [3.63, 3.8) is 0 Å². The van der Waals surface area contributed by atoms with Crippen molar-refractivity contribution in [1.82, 2.24) is 5.32 Å². The second-order valence-corrected chi connectivity index (χ2v) is 4.42. The number of aliphatic hydroxyl groups excluding tert-OH is 1. The van der Waals surface area contributed by atoms with Crippen LogP contribution in [0.3, 0.4) is 0 Å². The van der Waals surface area contributed by atoms with Crippen molar-refractivity contribution in [2.45, 2.75) is 33.3 Å². The largest absolute Gasteiger partial charge is 0.491 e. The van der Waals surface area contributed by atoms with Gasteiger partial charge in [-0.05, 0) is 50.1 Å². The monoisotopic (exact) mass is 237 g/mol. The number of aryl methyl sites for hydroxylation is 2. The summed E-state index contributed by atoms with van der Waals surface area (Å²) in [5.74, 6) is 0.822. The fourth-order valence-corrected chi connectivity index (χ4v) is 1.50. The summed E-state index contributed by atoms with van der Waals surface area (Å²) in [7, 11) is 0. The molecule has 0 spiro atoms. The van der Waals surface area contributed by atoms with E-state index in [-0.39, 0.29) is 0 Å². The van der Waals surface area contributed by atoms with Crippen molar-refractivity contribution in [2.75, 3.05) is 19.7 Å². The van der Waals surface area contributed by atoms with Crippen LogP contribution in [-0.4, -0.2) is 30.9 Å². The molecule has 0 aromatic heterocycles. The van der Waals surface area contributed by atoms with Crippen molar-refractivity contribution in [3.8, 4) is 5.75 Å². The number of benzene rings is 1. The van der Waals surface area contributed by atoms with Crippen LogP contribution in [-0.2, 0) is 0 Å². The van der Waals surface area contributed by atoms with E-state index in [0.717, 1.165) is 18.7 Å². The summed E-state index contributed by atoms with van der Waals surface area (Å²) in [6.07, 6.45) is 0.619. The fourth-order valence-electron chi connectivity index (χ4n) is 1.50. The molecule has 1 aromatic rings. The van der Waals surface area contributed by atoms with Crippen LogP contribution in [0.4, 0.5) is 0 Å². The van der Waals surface area contributed by atoms with E-state index in [9.17, 15) is 5.11 Å². The lowest BCUT2D eigenvalue weighted by molar-refractivity contribution is 0.106. The molecule has 2 N–H and O–H groups in total. The quantitative estimate of drug-likeness (QED) is 0.713. The highest BCUT2D eigenvalue weighted by atomic mass is 16.5. The number of nitrogens with one attached hydrogen (secondary N) is 1. The summed E-state index contributed by atoms with van der Waals surface area (Å²) in [6.45, 7) is 8.08. The smallest absolute Gasteiger partial charge is 0.119 e. The van der Waals surface area contributed by atoms with Crippen LogP contribution in [0.5, 0.6) is 5.75 Å². The van der Waals surface area contributed by atoms with E-state index in [1.807, 2.05) is 18.2 Å². The van der Waals surface area contributed by atoms with Gasteiger partial charge in [-0.1, -0.05) is 13.0 Å². The first kappa shape index (κ1) is 14.0. The van der Waals surface area contributed by atoms with E-state index in [2.05, 4.69) is 26.1 Å². The van der Waals surface area contributed by atoms with Gasteiger partial charge < -0.3 is 15.2 Å². The standard InChI is InChI=1S/C14H23NO2/c1-4-7-15-9-13(16)10-17-14-6-5-11(2)12(3)8-14/h5-6,8,13,15-16H,4,7,9-10H2,1-3H3. The Morgan fingerprint density at radius 3 is 2.71 bits per heavy atom. The van der Waals surface area contributed by atoms with E-state index in [4.69, 9.17) is 4.74 Å². The van der Waals surface area contributed by atoms with Gasteiger partial charge in [-0.3, -0.25) is 0 Å². The van der Waals surface area contributed by atoms with Gasteiger partial charge in [0.2, 0.25) is 0 Å². The summed E-state index contributed by atoms with van der Waals surface area (Å²) in [5.41, 5.74) is 2.46. The zero-order valence-electron chi connectivity index (χ0n) is 11.0. The molecule has 96 valence electrons. The maximum Gasteiger partial charge on any atom is 0.119 e. The predicted molar refractivity (Wildman–Crippen MR) is 70.6 cm³/mol. The van der Waals surface area contributed by atoms with Gasteiger partial charge >= 0.3 is 0 Å². The van der Waals surface area contributed by atoms with Gasteiger partial charge in [0.1, 0.15) is 18.5 Å². The first-order chi connectivity index (χ1) is 8.13. The van der Waals surface area contributed by atoms with Crippen molar-refractivity contribution in [2.24, 2.45) is 0 Å². The number of aliphatic hydroxyl groups is 1. The van der Waals surface area contributed by atoms with E-state index in [1.54, 1.807) is 0 Å². The molecular formula is C14H23NO2. The Bertz CT molecular complexity index is 339. The maximum atomic E-state index is 9.67. The lowest BCUT2D eigenvalue weighted by Crippen LogP contribution is -2.31. The second-order valence-electron chi connectivity index (χ2n) is 4.42. The van der Waals surface area contributed by atoms with Gasteiger partial charge in [0.05, 0.1) is 0 Å². The summed E-state index contributed by atoms with van der Waals surface area (Å²) < 4.78 is 5.54. The van der Waals surface area contributed by atoms with Crippen LogP contribution in [0.1, 0.15) is 24.5 Å². The van der Waals surface area contributed by atoms with Gasteiger partial charge in [0, 0.05) is 6.54 Å². The highest BCUT2D eigenvalue weighted by Crippen LogP contribution is 2.16. The normalized spacial score (nSPS) is 12.5. The SMILES string of the molecule is CCCNCC(O)COc1ccc(C)c(C)c1. The Morgan fingerprint density at radius 2 is 2.06 bits per heavy atom. The summed E-state index contributed by atoms with van der Waals surface area (Å²) in [5, 5.41) is 12.8. The molecule has 0 aliphatic heterocycles. The Kier molecular flexibility index (Phi) is 6.01. The third-order valence-corrected chi connectivity index (χ3v) is 2.73. The molecule has 1 aromatic carbocycles. The molecule has 0 radical (unpaired) electrons. The van der Waals surface area contributed by atoms with E-state index < -0.39 is 6.10 Å². The van der Waals surface area contributed by atoms with Crippen LogP contribution < -0.4 is 10.1 Å². The fraction of sp³-hybridized carbons (Fsp3) is 0.571. The molecule has 0 aliphatic rings. The Morgan fingerprint density at radius 1 is 1.29 bits per heavy atom. The molecule has 1 rings (SSSR count). The third kappa shape index (κ3) is 5.20. The van der Waals surface area contributed by atoms with Crippen LogP contribution in [0.15, 0.2) is 18.2 Å². The number of rotatable bonds is 7. The molecule has 3 heteroatoms. The molecule has 0 saturated carbocycles. The molecule has 0 bridgehead atoms. The highest BCUT2D eigenvalue weighted by molar-refractivity contribution is 5.33. The Labute approximate surface area is 104 Å². The van der Waals surface area contributed by atoms with Crippen molar-refractivity contribution in [3.05, 3.63) is 29.3 Å². The molecule has 0 saturated heterocycles. The summed E-state index contributed by atoms with van der Waals surface area (Å²) in [6, 6.07) is 5.97. The predicted octanol–water partition coefficient (Wildman–Crippen LogP) is 2.04. The van der Waals surface area contributed by atoms with Crippen LogP contribution >= 0.6 is 0 Å². The molecule has 0 fully saturated rings. The van der Waals surface area contributed by atoms with Gasteiger partial charge in [-0.15, -0.1) is 0 Å². The lowest BCUT2D eigenvalue weighted by atomic mass is 10.1. The zero-order valence-corrected chi connectivity index (χ0v) is 11.0. The summed E-state index contributed by atoms with van der Waals surface area (Å²) >= 11 is 0. The molecule has 0 amide bonds. The maximum absolute atomic E-state index is 9.67. The lowest BCUT2D eigenvalue weighted by Gasteiger charge is -2.13. The van der Waals surface area contributed by atoms with E-state index in [1.165, 1.54) is 11.1 Å². The zero-order chi connectivity index (χ0) is 12.7. The van der Waals surface area contributed by atoms with Crippen molar-refractivity contribution >= 4 is 0 Å². The molecule has 0 heterocycles. The minimum absolute atomic E-state index is 0.333. The van der Waals surface area contributed by atoms with Crippen molar-refractivity contribution in [1.29, 1.82) is 0 Å². The molecule has 1 atom stereocenters. The minimum Gasteiger partial charge on any atom is -0.491 e. The minimum atomic E-state index is -0.455. The van der Waals surface area contributed by atoms with Gasteiger partial charge in [-0.25, -0.2) is 0 Å². The van der Waals surface area contributed by atoms with Crippen molar-refractivity contribution < 1.29 is 9.84 Å². The van der Waals surface area contributed by atoms with Crippen LogP contribution in [0.2, 0.25) is 0 Å². The third-order valence-electron chi connectivity index (χ3n) is 2.73. The number of ether oxygens (including phenoxy) is 1. The molecule has 1 unspecified atom stereocenters. The Hall–Kier alpha value is -1.06. The van der Waals surface area contributed by atoms with Gasteiger partial charge in [0.25, 0.3) is 0 Å². The van der Waals surface area contributed by atoms with Crippen LogP contribution in [0, 0.1) is 13.8 Å². The van der Waals surface area contributed by atoms with Crippen LogP contribution in [0.25, 0.3) is 0 Å². The first-order valence-electron chi connectivity index (χ1n) is 6.22. The molecular weight excluding hydrogens is 214 g/mol. The average Bonchev–Trinajstić information content (AvgIpc) is 2.31. The van der Waals surface area contributed by atoms with Gasteiger partial charge in [0.15, 0.2) is 0 Å². The number of hydrogen-bond acceptors (Lipinski definition) is 3. The highest BCUT2D eigenvalue weighted by Gasteiger charge is 2.04. The molecule has 17 heavy (non-hydrogen) atoms. The average molecular weight is 237 g/mol. The first-order valence-corrected chi connectivity index (χ1v) is 6.22. The Balaban J connectivity index is 2.31. The summed E-state index contributed by atoms with van der Waals surface area (Å²) in [4.78, 5) is 0. The molecule has 0 aliphatic carbocycles. The molecule has 3 nitrogen and oxygen atoms in total.